The van der Waals surface area contributed by atoms with E-state index in [1.807, 2.05) is 4.90 Å². The fourth-order valence-electron chi connectivity index (χ4n) is 4.74. The van der Waals surface area contributed by atoms with Gasteiger partial charge in [0.25, 0.3) is 6.43 Å². The highest BCUT2D eigenvalue weighted by molar-refractivity contribution is 5.81. The molecule has 0 bridgehead atoms. The molecule has 3 aromatic rings. The number of anilines is 1. The van der Waals surface area contributed by atoms with Gasteiger partial charge in [-0.05, 0) is 44.7 Å². The van der Waals surface area contributed by atoms with Crippen LogP contribution < -0.4 is 20.7 Å². The summed E-state index contributed by atoms with van der Waals surface area (Å²) in [4.78, 5) is 27.3. The van der Waals surface area contributed by atoms with Crippen LogP contribution in [0.4, 0.5) is 14.7 Å². The van der Waals surface area contributed by atoms with Gasteiger partial charge in [-0.25, -0.2) is 13.8 Å². The number of alkyl halides is 2. The van der Waals surface area contributed by atoms with E-state index in [0.29, 0.717) is 62.0 Å². The first-order valence-electron chi connectivity index (χ1n) is 12.6. The lowest BCUT2D eigenvalue weighted by atomic mass is 9.93. The normalized spacial score (nSPS) is 21.3. The van der Waals surface area contributed by atoms with E-state index in [-0.39, 0.29) is 29.7 Å². The van der Waals surface area contributed by atoms with Crippen molar-refractivity contribution in [3.8, 4) is 11.7 Å². The number of hydrogen-bond donors (Lipinski definition) is 2. The molecule has 3 N–H and O–H groups in total. The second-order valence-electron chi connectivity index (χ2n) is 9.45. The van der Waals surface area contributed by atoms with Crippen molar-refractivity contribution < 1.29 is 23.0 Å². The second kappa shape index (κ2) is 10.9. The predicted octanol–water partition coefficient (Wildman–Crippen LogP) is 2.74. The van der Waals surface area contributed by atoms with Crippen LogP contribution in [0.3, 0.4) is 0 Å². The highest BCUT2D eigenvalue weighted by Gasteiger charge is 2.27. The molecule has 198 valence electrons. The lowest BCUT2D eigenvalue weighted by Crippen LogP contribution is -2.46. The number of fused-ring (bicyclic) bond motifs is 1. The van der Waals surface area contributed by atoms with Crippen LogP contribution >= 0.6 is 0 Å². The zero-order chi connectivity index (χ0) is 25.9. The van der Waals surface area contributed by atoms with Gasteiger partial charge in [0.05, 0.1) is 30.3 Å². The number of rotatable bonds is 7. The van der Waals surface area contributed by atoms with Crippen LogP contribution in [-0.4, -0.2) is 69.9 Å². The summed E-state index contributed by atoms with van der Waals surface area (Å²) in [5.41, 5.74) is 6.65. The zero-order valence-corrected chi connectivity index (χ0v) is 20.6. The average Bonchev–Trinajstić information content (AvgIpc) is 3.30. The summed E-state index contributed by atoms with van der Waals surface area (Å²) >= 11 is 0. The van der Waals surface area contributed by atoms with Gasteiger partial charge in [0.1, 0.15) is 11.9 Å². The summed E-state index contributed by atoms with van der Waals surface area (Å²) in [5, 5.41) is 2.97. The molecular weight excluding hydrogens is 484 g/mol. The van der Waals surface area contributed by atoms with E-state index < -0.39 is 12.5 Å². The lowest BCUT2D eigenvalue weighted by molar-refractivity contribution is -0.123. The number of hydrogen-bond acceptors (Lipinski definition) is 8. The first-order chi connectivity index (χ1) is 17.9. The Morgan fingerprint density at radius 1 is 1.14 bits per heavy atom. The Balaban J connectivity index is 1.44. The zero-order valence-electron chi connectivity index (χ0n) is 20.6. The average molecular weight is 516 g/mol. The molecule has 3 heterocycles. The van der Waals surface area contributed by atoms with Gasteiger partial charge in [-0.1, -0.05) is 12.1 Å². The Bertz CT molecular complexity index is 1240. The van der Waals surface area contributed by atoms with Gasteiger partial charge in [0, 0.05) is 25.2 Å². The Hall–Kier alpha value is -3.38. The predicted molar refractivity (Wildman–Crippen MR) is 133 cm³/mol. The van der Waals surface area contributed by atoms with E-state index in [2.05, 4.69) is 20.3 Å². The number of halogens is 2. The van der Waals surface area contributed by atoms with Gasteiger partial charge in [-0.3, -0.25) is 9.36 Å². The highest BCUT2D eigenvalue weighted by Crippen LogP contribution is 2.31. The molecule has 1 saturated carbocycles. The first-order valence-corrected chi connectivity index (χ1v) is 12.6. The molecule has 2 aliphatic rings. The number of aromatic nitrogens is 4. The minimum atomic E-state index is -2.79. The van der Waals surface area contributed by atoms with Gasteiger partial charge in [0.2, 0.25) is 17.7 Å². The lowest BCUT2D eigenvalue weighted by Gasteiger charge is -2.30. The van der Waals surface area contributed by atoms with E-state index in [9.17, 15) is 13.6 Å². The Morgan fingerprint density at radius 2 is 1.86 bits per heavy atom. The summed E-state index contributed by atoms with van der Waals surface area (Å²) in [7, 11) is 0. The molecule has 0 spiro atoms. The molecule has 1 amide bonds. The summed E-state index contributed by atoms with van der Waals surface area (Å²) in [5.74, 6) is 0.430. The van der Waals surface area contributed by atoms with E-state index in [0.717, 1.165) is 12.8 Å². The number of carbonyl (C=O) groups is 1. The highest BCUT2D eigenvalue weighted by atomic mass is 19.3. The van der Waals surface area contributed by atoms with Crippen LogP contribution in [0.25, 0.3) is 16.9 Å². The third kappa shape index (κ3) is 5.64. The van der Waals surface area contributed by atoms with Gasteiger partial charge in [-0.2, -0.15) is 9.97 Å². The quantitative estimate of drug-likeness (QED) is 0.493. The van der Waals surface area contributed by atoms with Gasteiger partial charge in [-0.15, -0.1) is 0 Å². The van der Waals surface area contributed by atoms with Crippen molar-refractivity contribution in [3.63, 3.8) is 0 Å². The van der Waals surface area contributed by atoms with Crippen molar-refractivity contribution in [1.82, 2.24) is 24.8 Å². The molecule has 1 saturated heterocycles. The number of benzene rings is 1. The van der Waals surface area contributed by atoms with Crippen LogP contribution in [0.15, 0.2) is 30.3 Å². The fraction of sp³-hybridized carbons (Fsp3) is 0.520. The Labute approximate surface area is 213 Å². The number of nitrogens with two attached hydrogens (primary N) is 1. The topological polar surface area (TPSA) is 120 Å². The van der Waals surface area contributed by atoms with Crippen molar-refractivity contribution in [1.29, 1.82) is 0 Å². The van der Waals surface area contributed by atoms with Crippen LogP contribution in [0.1, 0.15) is 44.9 Å². The maximum atomic E-state index is 14.0. The SMILES string of the molecule is C[C@H](N)C(=O)N[C@H]1CC[C@H](Oc2cc(-n3c(C(F)F)nc4ccccc43)nc(N3CCOCC3)n2)CC1. The van der Waals surface area contributed by atoms with Crippen molar-refractivity contribution in [3.05, 3.63) is 36.2 Å². The number of amides is 1. The molecule has 1 aliphatic carbocycles. The first kappa shape index (κ1) is 25.3. The Morgan fingerprint density at radius 3 is 2.57 bits per heavy atom. The standard InChI is InChI=1S/C25H31F2N7O3/c1-15(28)24(35)29-16-6-8-17(9-7-16)37-21-14-20(31-25(32-21)33-10-12-36-13-11-33)34-19-5-3-2-4-18(19)30-23(34)22(26)27/h2-5,14-17,22H,6-13,28H2,1H3,(H,29,35)/t15-,16-,17-/m0/s1. The molecule has 0 unspecified atom stereocenters. The van der Waals surface area contributed by atoms with E-state index >= 15 is 0 Å². The van der Waals surface area contributed by atoms with Crippen LogP contribution in [-0.2, 0) is 9.53 Å². The summed E-state index contributed by atoms with van der Waals surface area (Å²) in [6.07, 6.45) is 0.00917. The van der Waals surface area contributed by atoms with Crippen molar-refractivity contribution >= 4 is 22.9 Å². The third-order valence-electron chi connectivity index (χ3n) is 6.70. The number of ether oxygens (including phenoxy) is 2. The maximum Gasteiger partial charge on any atom is 0.296 e. The molecule has 0 radical (unpaired) electrons. The number of morpholine rings is 1. The summed E-state index contributed by atoms with van der Waals surface area (Å²) < 4.78 is 41.2. The van der Waals surface area contributed by atoms with E-state index in [1.54, 1.807) is 37.3 Å². The number of nitrogens with one attached hydrogen (secondary N) is 1. The van der Waals surface area contributed by atoms with E-state index in [1.165, 1.54) is 4.57 Å². The van der Waals surface area contributed by atoms with Crippen molar-refractivity contribution in [2.45, 2.75) is 57.2 Å². The van der Waals surface area contributed by atoms with Gasteiger partial charge >= 0.3 is 0 Å². The smallest absolute Gasteiger partial charge is 0.296 e. The Kier molecular flexibility index (Phi) is 7.47. The number of para-hydroxylation sites is 2. The molecule has 2 fully saturated rings. The third-order valence-corrected chi connectivity index (χ3v) is 6.70. The summed E-state index contributed by atoms with van der Waals surface area (Å²) in [6, 6.07) is 8.06. The van der Waals surface area contributed by atoms with E-state index in [4.69, 9.17) is 15.2 Å². The largest absolute Gasteiger partial charge is 0.474 e. The summed E-state index contributed by atoms with van der Waals surface area (Å²) in [6.45, 7) is 3.87. The minimum Gasteiger partial charge on any atom is -0.474 e. The molecule has 1 aromatic carbocycles. The fourth-order valence-corrected chi connectivity index (χ4v) is 4.74. The maximum absolute atomic E-state index is 14.0. The molecule has 10 nitrogen and oxygen atoms in total. The van der Waals surface area contributed by atoms with Crippen LogP contribution in [0.5, 0.6) is 5.88 Å². The molecule has 1 atom stereocenters. The molecular formula is C25H31F2N7O3. The van der Waals surface area contributed by atoms with Crippen LogP contribution in [0, 0.1) is 0 Å². The molecule has 37 heavy (non-hydrogen) atoms. The van der Waals surface area contributed by atoms with Gasteiger partial charge < -0.3 is 25.4 Å². The van der Waals surface area contributed by atoms with Crippen molar-refractivity contribution in [2.24, 2.45) is 5.73 Å². The second-order valence-corrected chi connectivity index (χ2v) is 9.45. The molecule has 2 aromatic heterocycles. The number of carbonyl (C=O) groups excluding carboxylic acids is 1. The molecule has 5 rings (SSSR count). The molecule has 1 aliphatic heterocycles. The molecule has 12 heteroatoms. The number of imidazole rings is 1. The van der Waals surface area contributed by atoms with Crippen molar-refractivity contribution in [2.75, 3.05) is 31.2 Å². The van der Waals surface area contributed by atoms with Crippen LogP contribution in [0.2, 0.25) is 0 Å². The van der Waals surface area contributed by atoms with Gasteiger partial charge in [0.15, 0.2) is 5.82 Å². The number of nitrogens with zero attached hydrogens (tertiary/aromatic N) is 5. The minimum absolute atomic E-state index is 0.0501. The monoisotopic (exact) mass is 515 g/mol.